The standard InChI is InChI=1S/C26H29BrClFN4O3SSi/c1-5-36-25(34)24-23(32-26(27)37-24)22(18-8-6-16(28)12-19(18)29)31-17-7-9-21-20(13-17)30-14-33(21)15-35-10-11-38(2,3)4/h6-9,12-14,22,31H,5,10-11,15H2,1-4H3. The molecule has 0 radical (unpaired) electrons. The van der Waals surface area contributed by atoms with Gasteiger partial charge in [0.25, 0.3) is 0 Å². The molecule has 4 rings (SSSR count). The maximum absolute atomic E-state index is 15.2. The van der Waals surface area contributed by atoms with Gasteiger partial charge in [-0.2, -0.15) is 0 Å². The van der Waals surface area contributed by atoms with E-state index < -0.39 is 25.9 Å². The summed E-state index contributed by atoms with van der Waals surface area (Å²) in [6.45, 7) is 10.0. The molecular formula is C26H29BrClFN4O3SSi. The first-order valence-electron chi connectivity index (χ1n) is 12.1. The molecule has 7 nitrogen and oxygen atoms in total. The number of imidazole rings is 1. The van der Waals surface area contributed by atoms with Crippen molar-refractivity contribution in [3.8, 4) is 0 Å². The smallest absolute Gasteiger partial charge is 0.350 e. The molecule has 2 aromatic carbocycles. The van der Waals surface area contributed by atoms with E-state index in [1.165, 1.54) is 6.07 Å². The number of halogens is 3. The van der Waals surface area contributed by atoms with Crippen LogP contribution in [0.2, 0.25) is 30.7 Å². The van der Waals surface area contributed by atoms with Crippen molar-refractivity contribution < 1.29 is 18.7 Å². The predicted octanol–water partition coefficient (Wildman–Crippen LogP) is 7.74. The summed E-state index contributed by atoms with van der Waals surface area (Å²) in [7, 11) is -1.16. The molecule has 202 valence electrons. The van der Waals surface area contributed by atoms with Gasteiger partial charge in [-0.1, -0.05) is 48.6 Å². The Bertz CT molecular complexity index is 1440. The molecule has 2 aromatic heterocycles. The number of aromatic nitrogens is 3. The van der Waals surface area contributed by atoms with Gasteiger partial charge in [-0.15, -0.1) is 0 Å². The Kier molecular flexibility index (Phi) is 9.25. The van der Waals surface area contributed by atoms with Crippen LogP contribution in [0.15, 0.2) is 46.6 Å². The Balaban J connectivity index is 1.64. The molecule has 2 heterocycles. The zero-order chi connectivity index (χ0) is 27.4. The molecular weight excluding hydrogens is 611 g/mol. The fourth-order valence-corrected chi connectivity index (χ4v) is 6.15. The molecule has 12 heteroatoms. The van der Waals surface area contributed by atoms with Gasteiger partial charge < -0.3 is 19.4 Å². The highest BCUT2D eigenvalue weighted by molar-refractivity contribution is 9.11. The molecule has 0 amide bonds. The van der Waals surface area contributed by atoms with Gasteiger partial charge in [0.2, 0.25) is 0 Å². The van der Waals surface area contributed by atoms with Crippen LogP contribution >= 0.6 is 38.9 Å². The molecule has 1 N–H and O–H groups in total. The first-order valence-corrected chi connectivity index (χ1v) is 17.8. The minimum Gasteiger partial charge on any atom is -0.462 e. The molecule has 0 fully saturated rings. The Morgan fingerprint density at radius 3 is 2.76 bits per heavy atom. The fraction of sp³-hybridized carbons (Fsp3) is 0.346. The fourth-order valence-electron chi connectivity index (χ4n) is 3.84. The third-order valence-electron chi connectivity index (χ3n) is 5.79. The summed E-state index contributed by atoms with van der Waals surface area (Å²) in [6.07, 6.45) is 1.75. The van der Waals surface area contributed by atoms with Gasteiger partial charge in [0.05, 0.1) is 35.7 Å². The van der Waals surface area contributed by atoms with E-state index in [0.29, 0.717) is 27.6 Å². The van der Waals surface area contributed by atoms with E-state index in [9.17, 15) is 4.79 Å². The quantitative estimate of drug-likeness (QED) is 0.103. The molecule has 0 bridgehead atoms. The van der Waals surface area contributed by atoms with Crippen molar-refractivity contribution >= 4 is 69.6 Å². The van der Waals surface area contributed by atoms with Crippen molar-refractivity contribution in [1.29, 1.82) is 0 Å². The Hall–Kier alpha value is -2.31. The van der Waals surface area contributed by atoms with Crippen LogP contribution in [0.1, 0.15) is 33.9 Å². The van der Waals surface area contributed by atoms with Crippen LogP contribution < -0.4 is 5.32 Å². The van der Waals surface area contributed by atoms with Crippen molar-refractivity contribution in [2.75, 3.05) is 18.5 Å². The molecule has 0 saturated carbocycles. The number of esters is 1. The average molecular weight is 640 g/mol. The Morgan fingerprint density at radius 2 is 2.05 bits per heavy atom. The molecule has 4 aromatic rings. The van der Waals surface area contributed by atoms with E-state index >= 15 is 4.39 Å². The second kappa shape index (κ2) is 12.2. The van der Waals surface area contributed by atoms with Crippen LogP contribution in [-0.4, -0.2) is 41.8 Å². The number of benzene rings is 2. The number of rotatable bonds is 11. The van der Waals surface area contributed by atoms with Crippen LogP contribution in [0, 0.1) is 5.82 Å². The number of fused-ring (bicyclic) bond motifs is 1. The van der Waals surface area contributed by atoms with Gasteiger partial charge in [0.15, 0.2) is 3.92 Å². The SMILES string of the molecule is CCOC(=O)c1sc(Br)nc1C(Nc1ccc2c(c1)ncn2COCC[Si](C)(C)C)c1ccc(Cl)cc1F. The van der Waals surface area contributed by atoms with E-state index in [2.05, 4.69) is 50.9 Å². The summed E-state index contributed by atoms with van der Waals surface area (Å²) in [6, 6.07) is 10.4. The summed E-state index contributed by atoms with van der Waals surface area (Å²) >= 11 is 10.5. The summed E-state index contributed by atoms with van der Waals surface area (Å²) < 4.78 is 28.7. The summed E-state index contributed by atoms with van der Waals surface area (Å²) in [5.41, 5.74) is 2.99. The number of hydrogen-bond donors (Lipinski definition) is 1. The van der Waals surface area contributed by atoms with Gasteiger partial charge in [0.1, 0.15) is 17.4 Å². The third kappa shape index (κ3) is 7.00. The first kappa shape index (κ1) is 28.7. The largest absolute Gasteiger partial charge is 0.462 e. The predicted molar refractivity (Wildman–Crippen MR) is 156 cm³/mol. The van der Waals surface area contributed by atoms with E-state index in [1.807, 2.05) is 22.8 Å². The first-order chi connectivity index (χ1) is 18.1. The number of carbonyl (C=O) groups excluding carboxylic acids is 1. The number of hydrogen-bond acceptors (Lipinski definition) is 7. The number of carbonyl (C=O) groups is 1. The second-order valence-electron chi connectivity index (χ2n) is 9.91. The molecule has 1 atom stereocenters. The van der Waals surface area contributed by atoms with Crippen molar-refractivity contribution in [3.63, 3.8) is 0 Å². The number of nitrogens with one attached hydrogen (secondary N) is 1. The third-order valence-corrected chi connectivity index (χ3v) is 9.24. The summed E-state index contributed by atoms with van der Waals surface area (Å²) in [5, 5.41) is 3.62. The Labute approximate surface area is 239 Å². The highest BCUT2D eigenvalue weighted by Crippen LogP contribution is 2.36. The normalized spacial score (nSPS) is 12.6. The van der Waals surface area contributed by atoms with E-state index in [0.717, 1.165) is 35.0 Å². The molecule has 0 aliphatic carbocycles. The molecule has 0 saturated heterocycles. The highest BCUT2D eigenvalue weighted by Gasteiger charge is 2.29. The lowest BCUT2D eigenvalue weighted by Crippen LogP contribution is -2.21. The van der Waals surface area contributed by atoms with E-state index in [1.54, 1.807) is 25.4 Å². The summed E-state index contributed by atoms with van der Waals surface area (Å²) in [4.78, 5) is 22.0. The van der Waals surface area contributed by atoms with Crippen LogP contribution in [0.4, 0.5) is 10.1 Å². The number of anilines is 1. The van der Waals surface area contributed by atoms with Crippen molar-refractivity contribution in [2.24, 2.45) is 0 Å². The van der Waals surface area contributed by atoms with Crippen molar-refractivity contribution in [2.45, 2.75) is 45.4 Å². The minimum atomic E-state index is -1.16. The average Bonchev–Trinajstić information content (AvgIpc) is 3.43. The van der Waals surface area contributed by atoms with Gasteiger partial charge in [-0.05, 0) is 59.2 Å². The zero-order valence-electron chi connectivity index (χ0n) is 21.6. The van der Waals surface area contributed by atoms with Gasteiger partial charge >= 0.3 is 5.97 Å². The molecule has 0 spiro atoms. The van der Waals surface area contributed by atoms with Crippen LogP contribution in [0.5, 0.6) is 0 Å². The lowest BCUT2D eigenvalue weighted by atomic mass is 10.0. The summed E-state index contributed by atoms with van der Waals surface area (Å²) in [5.74, 6) is -1.04. The van der Waals surface area contributed by atoms with Gasteiger partial charge in [0, 0.05) is 31.0 Å². The number of ether oxygens (including phenoxy) is 2. The second-order valence-corrected chi connectivity index (χ2v) is 18.2. The maximum atomic E-state index is 15.2. The van der Waals surface area contributed by atoms with E-state index in [-0.39, 0.29) is 16.5 Å². The minimum absolute atomic E-state index is 0.211. The zero-order valence-corrected chi connectivity index (χ0v) is 25.7. The topological polar surface area (TPSA) is 78.3 Å². The lowest BCUT2D eigenvalue weighted by molar-refractivity contribution is 0.0530. The molecule has 0 aliphatic rings. The van der Waals surface area contributed by atoms with Gasteiger partial charge in [-0.3, -0.25) is 0 Å². The van der Waals surface area contributed by atoms with Gasteiger partial charge in [-0.25, -0.2) is 19.2 Å². The van der Waals surface area contributed by atoms with Crippen molar-refractivity contribution in [3.05, 3.63) is 73.6 Å². The monoisotopic (exact) mass is 638 g/mol. The molecule has 1 unspecified atom stereocenters. The Morgan fingerprint density at radius 1 is 1.26 bits per heavy atom. The number of thiazole rings is 1. The molecule has 38 heavy (non-hydrogen) atoms. The van der Waals surface area contributed by atoms with E-state index in [4.69, 9.17) is 21.1 Å². The van der Waals surface area contributed by atoms with Crippen LogP contribution in [-0.2, 0) is 16.2 Å². The maximum Gasteiger partial charge on any atom is 0.350 e. The molecule has 0 aliphatic heterocycles. The van der Waals surface area contributed by atoms with Crippen molar-refractivity contribution in [1.82, 2.24) is 14.5 Å². The lowest BCUT2D eigenvalue weighted by Gasteiger charge is -2.21. The highest BCUT2D eigenvalue weighted by atomic mass is 79.9. The van der Waals surface area contributed by atoms with Crippen LogP contribution in [0.3, 0.4) is 0 Å². The number of nitrogens with zero attached hydrogens (tertiary/aromatic N) is 3. The van der Waals surface area contributed by atoms with Crippen LogP contribution in [0.25, 0.3) is 11.0 Å².